The Labute approximate surface area is 111 Å². The normalized spacial score (nSPS) is 12.9. The first kappa shape index (κ1) is 11.6. The van der Waals surface area contributed by atoms with E-state index < -0.39 is 10.8 Å². The van der Waals surface area contributed by atoms with Crippen molar-refractivity contribution >= 4 is 33.0 Å². The first-order valence-corrected chi connectivity index (χ1v) is 7.78. The van der Waals surface area contributed by atoms with E-state index in [4.69, 9.17) is 0 Å². The van der Waals surface area contributed by atoms with Gasteiger partial charge in [0.05, 0.1) is 28.3 Å². The monoisotopic (exact) mass is 276 g/mol. The molecule has 1 unspecified atom stereocenters. The van der Waals surface area contributed by atoms with Crippen LogP contribution in [-0.2, 0) is 16.6 Å². The van der Waals surface area contributed by atoms with Crippen molar-refractivity contribution < 1.29 is 4.21 Å². The second kappa shape index (κ2) is 4.66. The maximum atomic E-state index is 12.3. The summed E-state index contributed by atoms with van der Waals surface area (Å²) in [6.45, 7) is 2.06. The maximum Gasteiger partial charge on any atom is 0.0651 e. The highest BCUT2D eigenvalue weighted by atomic mass is 32.2. The van der Waals surface area contributed by atoms with E-state index in [1.807, 2.05) is 18.2 Å². The van der Waals surface area contributed by atoms with E-state index in [9.17, 15) is 4.21 Å². The van der Waals surface area contributed by atoms with E-state index in [2.05, 4.69) is 28.6 Å². The number of aryl methyl sites for hydroxylation is 1. The number of hydrogen-bond acceptors (Lipinski definition) is 3. The zero-order valence-electron chi connectivity index (χ0n) is 9.84. The maximum absolute atomic E-state index is 12.3. The van der Waals surface area contributed by atoms with Crippen LogP contribution >= 0.6 is 11.3 Å². The first-order valence-electron chi connectivity index (χ1n) is 5.58. The van der Waals surface area contributed by atoms with Crippen molar-refractivity contribution in [1.82, 2.24) is 10.2 Å². The zero-order chi connectivity index (χ0) is 12.5. The van der Waals surface area contributed by atoms with Crippen LogP contribution in [0.3, 0.4) is 0 Å². The lowest BCUT2D eigenvalue weighted by molar-refractivity contribution is 0.683. The highest BCUT2D eigenvalue weighted by molar-refractivity contribution is 7.84. The second-order valence-corrected chi connectivity index (χ2v) is 6.74. The average Bonchev–Trinajstić information content (AvgIpc) is 2.96. The molecule has 2 heterocycles. The number of aromatic amines is 1. The number of rotatable bonds is 3. The molecule has 1 aromatic carbocycles. The van der Waals surface area contributed by atoms with Gasteiger partial charge in [-0.2, -0.15) is 5.10 Å². The van der Waals surface area contributed by atoms with Crippen LogP contribution in [0.15, 0.2) is 40.7 Å². The third-order valence-electron chi connectivity index (χ3n) is 2.76. The standard InChI is InChI=1S/C13H12N2OS2/c1-9-4-10(7-17-9)8-18(16)12-2-3-13-11(5-12)6-14-15-13/h2-7H,8H2,1H3,(H,14,15). The minimum atomic E-state index is -0.996. The van der Waals surface area contributed by atoms with E-state index in [1.54, 1.807) is 17.5 Å². The van der Waals surface area contributed by atoms with E-state index in [1.165, 1.54) is 4.88 Å². The van der Waals surface area contributed by atoms with Crippen molar-refractivity contribution in [3.8, 4) is 0 Å². The molecular weight excluding hydrogens is 264 g/mol. The van der Waals surface area contributed by atoms with E-state index in [0.29, 0.717) is 5.75 Å². The van der Waals surface area contributed by atoms with Crippen molar-refractivity contribution in [2.45, 2.75) is 17.6 Å². The predicted octanol–water partition coefficient (Wildman–Crippen LogP) is 3.24. The van der Waals surface area contributed by atoms with Crippen molar-refractivity contribution in [3.63, 3.8) is 0 Å². The van der Waals surface area contributed by atoms with Crippen LogP contribution in [0.1, 0.15) is 10.4 Å². The molecule has 0 bridgehead atoms. The van der Waals surface area contributed by atoms with Crippen LogP contribution in [0, 0.1) is 6.92 Å². The molecule has 18 heavy (non-hydrogen) atoms. The molecule has 0 amide bonds. The fourth-order valence-electron chi connectivity index (χ4n) is 1.87. The molecule has 5 heteroatoms. The van der Waals surface area contributed by atoms with Gasteiger partial charge in [0, 0.05) is 15.2 Å². The summed E-state index contributed by atoms with van der Waals surface area (Å²) < 4.78 is 12.3. The molecule has 0 radical (unpaired) electrons. The zero-order valence-corrected chi connectivity index (χ0v) is 11.5. The minimum absolute atomic E-state index is 0.577. The van der Waals surface area contributed by atoms with Gasteiger partial charge >= 0.3 is 0 Å². The van der Waals surface area contributed by atoms with Crippen molar-refractivity contribution in [2.24, 2.45) is 0 Å². The molecule has 0 fully saturated rings. The van der Waals surface area contributed by atoms with Gasteiger partial charge < -0.3 is 0 Å². The Morgan fingerprint density at radius 2 is 2.28 bits per heavy atom. The molecule has 0 aliphatic heterocycles. The fourth-order valence-corrected chi connectivity index (χ4v) is 3.80. The Morgan fingerprint density at radius 1 is 1.39 bits per heavy atom. The quantitative estimate of drug-likeness (QED) is 0.798. The summed E-state index contributed by atoms with van der Waals surface area (Å²) in [6, 6.07) is 7.86. The lowest BCUT2D eigenvalue weighted by Crippen LogP contribution is -1.95. The molecule has 0 aliphatic rings. The third-order valence-corrected chi connectivity index (χ3v) is 5.04. The van der Waals surface area contributed by atoms with Crippen LogP contribution in [0.4, 0.5) is 0 Å². The lowest BCUT2D eigenvalue weighted by Gasteiger charge is -2.00. The van der Waals surface area contributed by atoms with Crippen LogP contribution < -0.4 is 0 Å². The van der Waals surface area contributed by atoms with Crippen LogP contribution in [-0.4, -0.2) is 14.4 Å². The number of fused-ring (bicyclic) bond motifs is 1. The number of benzene rings is 1. The molecule has 0 saturated carbocycles. The van der Waals surface area contributed by atoms with Gasteiger partial charge in [0.25, 0.3) is 0 Å². The topological polar surface area (TPSA) is 45.8 Å². The number of aromatic nitrogens is 2. The summed E-state index contributed by atoms with van der Waals surface area (Å²) in [5, 5.41) is 9.93. The summed E-state index contributed by atoms with van der Waals surface area (Å²) in [4.78, 5) is 2.11. The summed E-state index contributed by atoms with van der Waals surface area (Å²) in [5.74, 6) is 0.577. The van der Waals surface area contributed by atoms with Crippen LogP contribution in [0.5, 0.6) is 0 Å². The van der Waals surface area contributed by atoms with Gasteiger partial charge in [0.15, 0.2) is 0 Å². The third kappa shape index (κ3) is 2.23. The molecule has 0 aliphatic carbocycles. The molecule has 0 saturated heterocycles. The Morgan fingerprint density at radius 3 is 3.06 bits per heavy atom. The van der Waals surface area contributed by atoms with Gasteiger partial charge in [-0.05, 0) is 42.1 Å². The van der Waals surface area contributed by atoms with E-state index in [0.717, 1.165) is 21.4 Å². The highest BCUT2D eigenvalue weighted by Crippen LogP contribution is 2.20. The van der Waals surface area contributed by atoms with E-state index in [-0.39, 0.29) is 0 Å². The molecule has 0 spiro atoms. The molecule has 92 valence electrons. The fraction of sp³-hybridized carbons (Fsp3) is 0.154. The number of H-pyrrole nitrogens is 1. The number of nitrogens with zero attached hydrogens (tertiary/aromatic N) is 1. The largest absolute Gasteiger partial charge is 0.278 e. The number of nitrogens with one attached hydrogen (secondary N) is 1. The SMILES string of the molecule is Cc1cc(CS(=O)c2ccc3[nH]ncc3c2)cs1. The molecule has 3 aromatic rings. The summed E-state index contributed by atoms with van der Waals surface area (Å²) >= 11 is 1.70. The van der Waals surface area contributed by atoms with Gasteiger partial charge in [-0.3, -0.25) is 9.31 Å². The van der Waals surface area contributed by atoms with Crippen LogP contribution in [0.25, 0.3) is 10.9 Å². The minimum Gasteiger partial charge on any atom is -0.278 e. The van der Waals surface area contributed by atoms with Gasteiger partial charge in [0.1, 0.15) is 0 Å². The first-order chi connectivity index (χ1) is 8.72. The molecule has 2 aromatic heterocycles. The van der Waals surface area contributed by atoms with E-state index >= 15 is 0 Å². The van der Waals surface area contributed by atoms with Crippen molar-refractivity contribution in [2.75, 3.05) is 0 Å². The van der Waals surface area contributed by atoms with Crippen molar-refractivity contribution in [3.05, 3.63) is 46.3 Å². The highest BCUT2D eigenvalue weighted by Gasteiger charge is 2.07. The molecule has 1 atom stereocenters. The number of thiophene rings is 1. The predicted molar refractivity (Wildman–Crippen MR) is 75.3 cm³/mol. The number of hydrogen-bond donors (Lipinski definition) is 1. The summed E-state index contributed by atoms with van der Waals surface area (Å²) in [6.07, 6.45) is 1.75. The summed E-state index contributed by atoms with van der Waals surface area (Å²) in [5.41, 5.74) is 2.12. The lowest BCUT2D eigenvalue weighted by atomic mass is 10.3. The van der Waals surface area contributed by atoms with Crippen LogP contribution in [0.2, 0.25) is 0 Å². The Bertz CT molecular complexity index is 714. The smallest absolute Gasteiger partial charge is 0.0651 e. The summed E-state index contributed by atoms with van der Waals surface area (Å²) in [7, 11) is -0.996. The van der Waals surface area contributed by atoms with Gasteiger partial charge in [-0.15, -0.1) is 11.3 Å². The Kier molecular flexibility index (Phi) is 3.01. The molecule has 1 N–H and O–H groups in total. The second-order valence-electron chi connectivity index (χ2n) is 4.17. The Hall–Kier alpha value is -1.46. The van der Waals surface area contributed by atoms with Gasteiger partial charge in [-0.25, -0.2) is 0 Å². The Balaban J connectivity index is 1.87. The van der Waals surface area contributed by atoms with Gasteiger partial charge in [0.2, 0.25) is 0 Å². The molecular formula is C13H12N2OS2. The molecule has 3 rings (SSSR count). The van der Waals surface area contributed by atoms with Gasteiger partial charge in [-0.1, -0.05) is 0 Å². The average molecular weight is 276 g/mol. The molecule has 3 nitrogen and oxygen atoms in total. The van der Waals surface area contributed by atoms with Crippen molar-refractivity contribution in [1.29, 1.82) is 0 Å².